The topological polar surface area (TPSA) is 70.7 Å². The van der Waals surface area contributed by atoms with E-state index in [1.165, 1.54) is 0 Å². The molecule has 0 fully saturated rings. The lowest BCUT2D eigenvalue weighted by atomic mass is 9.92. The minimum atomic E-state index is -0.558. The monoisotopic (exact) mass is 371 g/mol. The molecule has 0 rings (SSSR count). The number of amides is 2. The van der Waals surface area contributed by atoms with Gasteiger partial charge in [0.15, 0.2) is 0 Å². The van der Waals surface area contributed by atoms with Gasteiger partial charge in [-0.25, -0.2) is 0 Å². The molecule has 0 aromatic carbocycles. The average Bonchev–Trinajstić information content (AvgIpc) is 2.58. The van der Waals surface area contributed by atoms with E-state index in [0.29, 0.717) is 5.92 Å². The first kappa shape index (κ1) is 24.9. The number of carbonyl (C=O) groups excluding carboxylic acids is 2. The molecule has 0 saturated carbocycles. The Hall–Kier alpha value is -1.14. The van der Waals surface area contributed by atoms with Gasteiger partial charge in [-0.2, -0.15) is 0 Å². The van der Waals surface area contributed by atoms with E-state index in [4.69, 9.17) is 4.74 Å². The minimum absolute atomic E-state index is 0.00555. The van der Waals surface area contributed by atoms with Crippen LogP contribution in [-0.2, 0) is 14.3 Å². The van der Waals surface area contributed by atoms with E-state index in [0.717, 1.165) is 6.42 Å². The van der Waals surface area contributed by atoms with Crippen molar-refractivity contribution in [2.24, 2.45) is 17.8 Å². The van der Waals surface area contributed by atoms with Crippen LogP contribution in [0.25, 0.3) is 0 Å². The smallest absolute Gasteiger partial charge is 0.245 e. The number of rotatable bonds is 11. The Morgan fingerprint density at radius 3 is 1.85 bits per heavy atom. The van der Waals surface area contributed by atoms with Gasteiger partial charge in [0.1, 0.15) is 6.04 Å². The zero-order valence-electron chi connectivity index (χ0n) is 18.4. The summed E-state index contributed by atoms with van der Waals surface area (Å²) >= 11 is 0. The van der Waals surface area contributed by atoms with Gasteiger partial charge in [-0.05, 0) is 31.7 Å². The first-order valence-corrected chi connectivity index (χ1v) is 9.80. The van der Waals surface area contributed by atoms with Gasteiger partial charge in [0.25, 0.3) is 0 Å². The molecule has 0 aliphatic carbocycles. The quantitative estimate of drug-likeness (QED) is 0.584. The van der Waals surface area contributed by atoms with Crippen LogP contribution in [0, 0.1) is 17.8 Å². The van der Waals surface area contributed by atoms with E-state index < -0.39 is 6.04 Å². The summed E-state index contributed by atoms with van der Waals surface area (Å²) < 4.78 is 5.52. The number of likely N-dealkylation sites (N-methyl/N-ethyl adjacent to an activating group) is 2. The Morgan fingerprint density at radius 1 is 1.00 bits per heavy atom. The number of ether oxygens (including phenoxy) is 1. The molecule has 2 amide bonds. The minimum Gasteiger partial charge on any atom is -0.380 e. The molecule has 0 bridgehead atoms. The summed E-state index contributed by atoms with van der Waals surface area (Å²) in [6.45, 7) is 14.1. The van der Waals surface area contributed by atoms with Crippen LogP contribution in [0.15, 0.2) is 0 Å². The maximum atomic E-state index is 13.2. The van der Waals surface area contributed by atoms with Gasteiger partial charge in [-0.15, -0.1) is 0 Å². The fourth-order valence-electron chi connectivity index (χ4n) is 3.43. The zero-order valence-corrected chi connectivity index (χ0v) is 18.4. The standard InChI is InChI=1S/C20H41N3O3/c1-11-14(6)18(15(7)26-10)23(9)20(25)17(13(4)5)22-19(24)16(21-8)12(2)3/h12-18,21H,11H2,1-10H3,(H,22,24). The zero-order chi connectivity index (χ0) is 20.6. The number of hydrogen-bond donors (Lipinski definition) is 2. The first-order valence-electron chi connectivity index (χ1n) is 9.80. The Balaban J connectivity index is 5.46. The second kappa shape index (κ2) is 11.5. The molecule has 26 heavy (non-hydrogen) atoms. The molecule has 0 saturated heterocycles. The van der Waals surface area contributed by atoms with E-state index in [2.05, 4.69) is 24.5 Å². The van der Waals surface area contributed by atoms with Crippen molar-refractivity contribution in [1.82, 2.24) is 15.5 Å². The summed E-state index contributed by atoms with van der Waals surface area (Å²) in [4.78, 5) is 27.6. The van der Waals surface area contributed by atoms with Crippen molar-refractivity contribution in [3.05, 3.63) is 0 Å². The van der Waals surface area contributed by atoms with E-state index >= 15 is 0 Å². The molecule has 0 spiro atoms. The lowest BCUT2D eigenvalue weighted by Gasteiger charge is -2.39. The van der Waals surface area contributed by atoms with E-state index in [1.807, 2.05) is 41.7 Å². The van der Waals surface area contributed by atoms with Gasteiger partial charge in [-0.1, -0.05) is 48.0 Å². The number of nitrogens with zero attached hydrogens (tertiary/aromatic N) is 1. The summed E-state index contributed by atoms with van der Waals surface area (Å²) in [5, 5.41) is 6.00. The third-order valence-electron chi connectivity index (χ3n) is 5.37. The molecule has 154 valence electrons. The fourth-order valence-corrected chi connectivity index (χ4v) is 3.43. The molecule has 0 aromatic heterocycles. The van der Waals surface area contributed by atoms with E-state index in [9.17, 15) is 9.59 Å². The average molecular weight is 372 g/mol. The Labute approximate surface area is 160 Å². The molecule has 0 radical (unpaired) electrons. The van der Waals surface area contributed by atoms with Crippen molar-refractivity contribution in [1.29, 1.82) is 0 Å². The van der Waals surface area contributed by atoms with Gasteiger partial charge >= 0.3 is 0 Å². The normalized spacial score (nSPS) is 17.5. The Morgan fingerprint density at radius 2 is 1.50 bits per heavy atom. The molecule has 6 nitrogen and oxygen atoms in total. The number of hydrogen-bond acceptors (Lipinski definition) is 4. The van der Waals surface area contributed by atoms with Crippen LogP contribution in [0.2, 0.25) is 0 Å². The number of carbonyl (C=O) groups is 2. The second-order valence-corrected chi connectivity index (χ2v) is 8.01. The molecule has 6 heteroatoms. The number of methoxy groups -OCH3 is 1. The summed E-state index contributed by atoms with van der Waals surface area (Å²) in [5.74, 6) is 0.225. The Bertz CT molecular complexity index is 430. The molecular weight excluding hydrogens is 330 g/mol. The fraction of sp³-hybridized carbons (Fsp3) is 0.900. The highest BCUT2D eigenvalue weighted by molar-refractivity contribution is 5.90. The predicted octanol–water partition coefficient (Wildman–Crippen LogP) is 2.28. The summed E-state index contributed by atoms with van der Waals surface area (Å²) in [7, 11) is 5.25. The highest BCUT2D eigenvalue weighted by atomic mass is 16.5. The van der Waals surface area contributed by atoms with Gasteiger partial charge in [0.05, 0.1) is 18.2 Å². The molecule has 0 heterocycles. The molecule has 5 atom stereocenters. The van der Waals surface area contributed by atoms with Crippen LogP contribution in [0.1, 0.15) is 54.9 Å². The third kappa shape index (κ3) is 6.54. The predicted molar refractivity (Wildman–Crippen MR) is 107 cm³/mol. The van der Waals surface area contributed by atoms with Crippen LogP contribution >= 0.6 is 0 Å². The SMILES string of the molecule is CCC(C)C(C(C)OC)N(C)C(=O)C(NC(=O)C(NC)C(C)C)C(C)C. The van der Waals surface area contributed by atoms with Crippen LogP contribution < -0.4 is 10.6 Å². The lowest BCUT2D eigenvalue weighted by Crippen LogP contribution is -2.59. The van der Waals surface area contributed by atoms with Crippen LogP contribution in [0.3, 0.4) is 0 Å². The van der Waals surface area contributed by atoms with E-state index in [-0.39, 0.29) is 41.8 Å². The van der Waals surface area contributed by atoms with E-state index in [1.54, 1.807) is 19.1 Å². The summed E-state index contributed by atoms with van der Waals surface area (Å²) in [6.07, 6.45) is 0.868. The molecule has 2 N–H and O–H groups in total. The molecule has 0 aromatic rings. The maximum Gasteiger partial charge on any atom is 0.245 e. The van der Waals surface area contributed by atoms with Gasteiger partial charge in [0, 0.05) is 14.2 Å². The number of nitrogens with one attached hydrogen (secondary N) is 2. The summed E-state index contributed by atoms with van der Waals surface area (Å²) in [5.41, 5.74) is 0. The third-order valence-corrected chi connectivity index (χ3v) is 5.37. The Kier molecular flexibility index (Phi) is 11.0. The lowest BCUT2D eigenvalue weighted by molar-refractivity contribution is -0.142. The van der Waals surface area contributed by atoms with Gasteiger partial charge in [0.2, 0.25) is 11.8 Å². The summed E-state index contributed by atoms with van der Waals surface area (Å²) in [6, 6.07) is -0.920. The largest absolute Gasteiger partial charge is 0.380 e. The second-order valence-electron chi connectivity index (χ2n) is 8.01. The van der Waals surface area contributed by atoms with Crippen molar-refractivity contribution in [2.45, 2.75) is 79.1 Å². The van der Waals surface area contributed by atoms with Crippen molar-refractivity contribution in [2.75, 3.05) is 21.2 Å². The van der Waals surface area contributed by atoms with Crippen molar-refractivity contribution < 1.29 is 14.3 Å². The van der Waals surface area contributed by atoms with Crippen LogP contribution in [0.5, 0.6) is 0 Å². The highest BCUT2D eigenvalue weighted by Crippen LogP contribution is 2.21. The van der Waals surface area contributed by atoms with Crippen LogP contribution in [-0.4, -0.2) is 62.1 Å². The molecular formula is C20H41N3O3. The maximum absolute atomic E-state index is 13.2. The molecule has 5 unspecified atom stereocenters. The van der Waals surface area contributed by atoms with Crippen LogP contribution in [0.4, 0.5) is 0 Å². The van der Waals surface area contributed by atoms with Crippen molar-refractivity contribution in [3.63, 3.8) is 0 Å². The van der Waals surface area contributed by atoms with Gasteiger partial charge < -0.3 is 20.3 Å². The molecule has 0 aliphatic heterocycles. The van der Waals surface area contributed by atoms with Crippen molar-refractivity contribution >= 4 is 11.8 Å². The van der Waals surface area contributed by atoms with Gasteiger partial charge in [-0.3, -0.25) is 9.59 Å². The highest BCUT2D eigenvalue weighted by Gasteiger charge is 2.36. The first-order chi connectivity index (χ1) is 12.0. The van der Waals surface area contributed by atoms with Crippen molar-refractivity contribution in [3.8, 4) is 0 Å². The molecule has 0 aliphatic rings.